The van der Waals surface area contributed by atoms with Gasteiger partial charge < -0.3 is 15.8 Å². The highest BCUT2D eigenvalue weighted by Crippen LogP contribution is 2.26. The molecule has 2 aromatic rings. The number of thiophene rings is 1. The summed E-state index contributed by atoms with van der Waals surface area (Å²) in [6.45, 7) is 6.06. The number of morpholine rings is 1. The second-order valence-corrected chi connectivity index (χ2v) is 9.70. The van der Waals surface area contributed by atoms with Crippen molar-refractivity contribution in [2.24, 2.45) is 10.7 Å². The largest absolute Gasteiger partial charge is 0.379 e. The summed E-state index contributed by atoms with van der Waals surface area (Å²) in [5.74, 6) is 0.296. The summed E-state index contributed by atoms with van der Waals surface area (Å²) in [5, 5.41) is 3.06. The number of nitrogens with one attached hydrogen (secondary N) is 1. The van der Waals surface area contributed by atoms with Gasteiger partial charge in [-0.25, -0.2) is 13.4 Å². The number of rotatable bonds is 5. The number of aliphatic imine (C=N–C) groups is 1. The fraction of sp³-hybridized carbons (Fsp3) is 0.389. The van der Waals surface area contributed by atoms with E-state index >= 15 is 0 Å². The normalized spacial score (nSPS) is 16.4. The third-order valence-corrected chi connectivity index (χ3v) is 7.82. The van der Waals surface area contributed by atoms with Crippen LogP contribution in [0, 0.1) is 13.8 Å². The number of hydrogen-bond acceptors (Lipinski definition) is 5. The van der Waals surface area contributed by atoms with Crippen LogP contribution in [0.2, 0.25) is 0 Å². The molecular formula is C18H24N4O3S2. The van der Waals surface area contributed by atoms with Crippen molar-refractivity contribution in [3.63, 3.8) is 0 Å². The van der Waals surface area contributed by atoms with Crippen molar-refractivity contribution in [2.45, 2.75) is 24.6 Å². The van der Waals surface area contributed by atoms with E-state index in [1.54, 1.807) is 12.1 Å². The van der Waals surface area contributed by atoms with Gasteiger partial charge in [-0.05, 0) is 49.2 Å². The topological polar surface area (TPSA) is 97.0 Å². The van der Waals surface area contributed by atoms with E-state index in [2.05, 4.69) is 17.2 Å². The van der Waals surface area contributed by atoms with Crippen LogP contribution < -0.4 is 11.1 Å². The first-order valence-corrected chi connectivity index (χ1v) is 10.9. The maximum atomic E-state index is 12.6. The Hall–Kier alpha value is -1.94. The van der Waals surface area contributed by atoms with Gasteiger partial charge in [0.2, 0.25) is 0 Å². The van der Waals surface area contributed by atoms with Crippen molar-refractivity contribution in [3.05, 3.63) is 46.3 Å². The second-order valence-electron chi connectivity index (χ2n) is 6.36. The summed E-state index contributed by atoms with van der Waals surface area (Å²) in [7, 11) is -3.46. The lowest BCUT2D eigenvalue weighted by atomic mass is 10.1. The lowest BCUT2D eigenvalue weighted by Crippen LogP contribution is -2.40. The van der Waals surface area contributed by atoms with Crippen LogP contribution in [0.1, 0.15) is 16.0 Å². The van der Waals surface area contributed by atoms with Crippen LogP contribution in [-0.2, 0) is 21.3 Å². The molecule has 3 rings (SSSR count). The Labute approximate surface area is 163 Å². The Morgan fingerprint density at radius 1 is 1.22 bits per heavy atom. The molecule has 146 valence electrons. The molecule has 0 radical (unpaired) electrons. The average Bonchev–Trinajstić information content (AvgIpc) is 3.14. The molecule has 7 nitrogen and oxygen atoms in total. The minimum Gasteiger partial charge on any atom is -0.379 e. The maximum absolute atomic E-state index is 12.6. The molecule has 0 saturated carbocycles. The van der Waals surface area contributed by atoms with Crippen molar-refractivity contribution >= 4 is 33.0 Å². The van der Waals surface area contributed by atoms with Gasteiger partial charge in [0.1, 0.15) is 4.21 Å². The van der Waals surface area contributed by atoms with E-state index in [-0.39, 0.29) is 0 Å². The fourth-order valence-corrected chi connectivity index (χ4v) is 5.51. The number of aryl methyl sites for hydroxylation is 2. The minimum absolute atomic E-state index is 0.296. The molecule has 0 amide bonds. The maximum Gasteiger partial charge on any atom is 0.252 e. The summed E-state index contributed by atoms with van der Waals surface area (Å²) >= 11 is 1.23. The summed E-state index contributed by atoms with van der Waals surface area (Å²) in [6, 6.07) is 9.39. The van der Waals surface area contributed by atoms with Gasteiger partial charge in [0.15, 0.2) is 5.96 Å². The van der Waals surface area contributed by atoms with Gasteiger partial charge in [0, 0.05) is 23.7 Å². The molecule has 1 aliphatic heterocycles. The van der Waals surface area contributed by atoms with Crippen LogP contribution in [0.15, 0.2) is 39.5 Å². The molecule has 0 aliphatic carbocycles. The van der Waals surface area contributed by atoms with Crippen molar-refractivity contribution < 1.29 is 13.2 Å². The van der Waals surface area contributed by atoms with Crippen molar-refractivity contribution in [1.29, 1.82) is 0 Å². The fourth-order valence-electron chi connectivity index (χ4n) is 2.67. The number of guanidine groups is 1. The first-order chi connectivity index (χ1) is 12.9. The van der Waals surface area contributed by atoms with Gasteiger partial charge >= 0.3 is 0 Å². The van der Waals surface area contributed by atoms with Crippen LogP contribution >= 0.6 is 11.3 Å². The number of nitrogens with two attached hydrogens (primary N) is 1. The highest BCUT2D eigenvalue weighted by atomic mass is 32.2. The van der Waals surface area contributed by atoms with E-state index < -0.39 is 10.0 Å². The summed E-state index contributed by atoms with van der Waals surface area (Å²) in [5.41, 5.74) is 9.21. The molecule has 0 atom stereocenters. The first-order valence-electron chi connectivity index (χ1n) is 8.67. The number of ether oxygens (including phenoxy) is 1. The molecule has 1 fully saturated rings. The molecule has 1 aromatic carbocycles. The van der Waals surface area contributed by atoms with Crippen molar-refractivity contribution in [1.82, 2.24) is 4.31 Å². The smallest absolute Gasteiger partial charge is 0.252 e. The zero-order valence-electron chi connectivity index (χ0n) is 15.4. The molecule has 0 unspecified atom stereocenters. The van der Waals surface area contributed by atoms with E-state index in [0.717, 1.165) is 10.6 Å². The second kappa shape index (κ2) is 8.39. The summed E-state index contributed by atoms with van der Waals surface area (Å²) in [4.78, 5) is 5.15. The molecule has 1 aromatic heterocycles. The molecule has 0 bridgehead atoms. The van der Waals surface area contributed by atoms with Crippen LogP contribution in [0.4, 0.5) is 5.69 Å². The number of benzene rings is 1. The van der Waals surface area contributed by atoms with Gasteiger partial charge in [0.25, 0.3) is 10.0 Å². The Kier molecular flexibility index (Phi) is 6.15. The minimum atomic E-state index is -3.46. The summed E-state index contributed by atoms with van der Waals surface area (Å²) < 4.78 is 32.3. The predicted octanol–water partition coefficient (Wildman–Crippen LogP) is 2.31. The molecular weight excluding hydrogens is 384 g/mol. The summed E-state index contributed by atoms with van der Waals surface area (Å²) in [6.07, 6.45) is 0. The number of anilines is 1. The molecule has 3 N–H and O–H groups in total. The molecule has 27 heavy (non-hydrogen) atoms. The molecule has 1 aliphatic rings. The molecule has 2 heterocycles. The van der Waals surface area contributed by atoms with E-state index in [0.29, 0.717) is 43.0 Å². The third-order valence-electron chi connectivity index (χ3n) is 4.39. The van der Waals surface area contributed by atoms with E-state index in [9.17, 15) is 8.42 Å². The van der Waals surface area contributed by atoms with E-state index in [1.165, 1.54) is 26.8 Å². The predicted molar refractivity (Wildman–Crippen MR) is 109 cm³/mol. The average molecular weight is 409 g/mol. The molecule has 9 heteroatoms. The zero-order chi connectivity index (χ0) is 19.4. The Morgan fingerprint density at radius 3 is 2.67 bits per heavy atom. The SMILES string of the molecule is Cc1ccc(NC(N)=NCc2ccc(S(=O)(=O)N3CCOCC3)s2)cc1C. The van der Waals surface area contributed by atoms with Gasteiger partial charge in [0.05, 0.1) is 19.8 Å². The van der Waals surface area contributed by atoms with Crippen molar-refractivity contribution in [2.75, 3.05) is 31.6 Å². The highest BCUT2D eigenvalue weighted by molar-refractivity contribution is 7.91. The number of hydrogen-bond donors (Lipinski definition) is 2. The first kappa shape index (κ1) is 19.8. The molecule has 0 spiro atoms. The van der Waals surface area contributed by atoms with Crippen LogP contribution in [0.3, 0.4) is 0 Å². The Morgan fingerprint density at radius 2 is 1.96 bits per heavy atom. The van der Waals surface area contributed by atoms with Crippen LogP contribution in [-0.4, -0.2) is 45.0 Å². The van der Waals surface area contributed by atoms with Crippen molar-refractivity contribution in [3.8, 4) is 0 Å². The quantitative estimate of drug-likeness (QED) is 0.585. The Bertz CT molecular complexity index is 932. The van der Waals surface area contributed by atoms with Crippen LogP contribution in [0.25, 0.3) is 0 Å². The zero-order valence-corrected chi connectivity index (χ0v) is 17.1. The Balaban J connectivity index is 1.64. The standard InChI is InChI=1S/C18H24N4O3S2/c1-13-3-4-15(11-14(13)2)21-18(19)20-12-16-5-6-17(26-16)27(23,24)22-7-9-25-10-8-22/h3-6,11H,7-10,12H2,1-2H3,(H3,19,20,21). The monoisotopic (exact) mass is 408 g/mol. The van der Waals surface area contributed by atoms with Crippen LogP contribution in [0.5, 0.6) is 0 Å². The van der Waals surface area contributed by atoms with Gasteiger partial charge in [-0.3, -0.25) is 0 Å². The van der Waals surface area contributed by atoms with Gasteiger partial charge in [-0.2, -0.15) is 4.31 Å². The van der Waals surface area contributed by atoms with E-state index in [1.807, 2.05) is 25.1 Å². The lowest BCUT2D eigenvalue weighted by molar-refractivity contribution is 0.0731. The number of nitrogens with zero attached hydrogens (tertiary/aromatic N) is 2. The van der Waals surface area contributed by atoms with Gasteiger partial charge in [-0.1, -0.05) is 6.07 Å². The number of sulfonamides is 1. The lowest BCUT2D eigenvalue weighted by Gasteiger charge is -2.25. The molecule has 1 saturated heterocycles. The van der Waals surface area contributed by atoms with E-state index in [4.69, 9.17) is 10.5 Å². The highest BCUT2D eigenvalue weighted by Gasteiger charge is 2.27. The van der Waals surface area contributed by atoms with Gasteiger partial charge in [-0.15, -0.1) is 11.3 Å². The third kappa shape index (κ3) is 4.86.